The Bertz CT molecular complexity index is 679. The van der Waals surface area contributed by atoms with E-state index in [1.54, 1.807) is 19.1 Å². The van der Waals surface area contributed by atoms with Crippen LogP contribution in [0.3, 0.4) is 0 Å². The molecule has 2 rings (SSSR count). The van der Waals surface area contributed by atoms with E-state index < -0.39 is 6.61 Å². The van der Waals surface area contributed by atoms with E-state index >= 15 is 0 Å². The van der Waals surface area contributed by atoms with Gasteiger partial charge in [-0.3, -0.25) is 4.79 Å². The van der Waals surface area contributed by atoms with Crippen molar-refractivity contribution in [1.82, 2.24) is 20.3 Å². The average molecular weight is 376 g/mol. The number of aromatic nitrogens is 3. The highest BCUT2D eigenvalue weighted by molar-refractivity contribution is 5.93. The van der Waals surface area contributed by atoms with E-state index in [2.05, 4.69) is 20.4 Å². The van der Waals surface area contributed by atoms with Crippen LogP contribution in [0.5, 0.6) is 5.75 Å². The Hall–Kier alpha value is -2.26. The number of alkyl halides is 2. The summed E-state index contributed by atoms with van der Waals surface area (Å²) >= 11 is 0. The van der Waals surface area contributed by atoms with Crippen LogP contribution in [0.1, 0.15) is 29.0 Å². The third-order valence-corrected chi connectivity index (χ3v) is 3.33. The summed E-state index contributed by atoms with van der Waals surface area (Å²) in [6.45, 7) is -0.0741. The molecule has 1 aromatic heterocycles. The Labute approximate surface area is 149 Å². The minimum absolute atomic E-state index is 0. The van der Waals surface area contributed by atoms with Crippen LogP contribution in [-0.2, 0) is 0 Å². The maximum atomic E-state index is 12.1. The van der Waals surface area contributed by atoms with Crippen molar-refractivity contribution in [2.24, 2.45) is 5.73 Å². The number of rotatable bonds is 8. The van der Waals surface area contributed by atoms with Crippen molar-refractivity contribution in [2.75, 3.05) is 13.1 Å². The summed E-state index contributed by atoms with van der Waals surface area (Å²) in [4.78, 5) is 12.1. The minimum Gasteiger partial charge on any atom is -0.435 e. The van der Waals surface area contributed by atoms with Gasteiger partial charge in [-0.15, -0.1) is 17.5 Å². The van der Waals surface area contributed by atoms with Crippen molar-refractivity contribution >= 4 is 18.3 Å². The predicted octanol–water partition coefficient (Wildman–Crippen LogP) is 2.07. The second kappa shape index (κ2) is 9.90. The number of hydrogen-bond acceptors (Lipinski definition) is 5. The van der Waals surface area contributed by atoms with Gasteiger partial charge in [-0.1, -0.05) is 5.21 Å². The minimum atomic E-state index is -2.88. The molecular formula is C15H20ClF2N5O2. The zero-order chi connectivity index (χ0) is 17.5. The molecule has 10 heteroatoms. The molecule has 25 heavy (non-hydrogen) atoms. The molecular weight excluding hydrogens is 356 g/mol. The molecule has 1 amide bonds. The number of unbranched alkanes of at least 4 members (excludes halogenated alkanes) is 1. The Morgan fingerprint density at radius 3 is 2.60 bits per heavy atom. The van der Waals surface area contributed by atoms with Crippen LogP contribution in [0.25, 0.3) is 5.69 Å². The lowest BCUT2D eigenvalue weighted by Gasteiger charge is -2.07. The third kappa shape index (κ3) is 5.64. The number of carbonyl (C=O) groups excluding carboxylic acids is 1. The highest BCUT2D eigenvalue weighted by atomic mass is 35.5. The first-order valence-corrected chi connectivity index (χ1v) is 7.48. The number of benzene rings is 1. The van der Waals surface area contributed by atoms with E-state index in [9.17, 15) is 13.6 Å². The molecule has 0 radical (unpaired) electrons. The van der Waals surface area contributed by atoms with E-state index in [4.69, 9.17) is 5.73 Å². The number of ether oxygens (including phenoxy) is 1. The van der Waals surface area contributed by atoms with E-state index in [1.165, 1.54) is 16.8 Å². The van der Waals surface area contributed by atoms with Crippen LogP contribution < -0.4 is 15.8 Å². The second-order valence-electron chi connectivity index (χ2n) is 5.06. The first-order chi connectivity index (χ1) is 11.5. The fourth-order valence-corrected chi connectivity index (χ4v) is 2.11. The number of carbonyl (C=O) groups is 1. The van der Waals surface area contributed by atoms with Gasteiger partial charge >= 0.3 is 6.61 Å². The van der Waals surface area contributed by atoms with Crippen molar-refractivity contribution in [1.29, 1.82) is 0 Å². The summed E-state index contributed by atoms with van der Waals surface area (Å²) in [7, 11) is 0. The molecule has 0 atom stereocenters. The van der Waals surface area contributed by atoms with Crippen molar-refractivity contribution in [3.05, 3.63) is 35.7 Å². The molecule has 0 aliphatic carbocycles. The number of amides is 1. The van der Waals surface area contributed by atoms with E-state index in [0.29, 0.717) is 24.5 Å². The number of nitrogens with one attached hydrogen (secondary N) is 1. The van der Waals surface area contributed by atoms with Crippen molar-refractivity contribution in [3.63, 3.8) is 0 Å². The average Bonchev–Trinajstić information content (AvgIpc) is 2.93. The lowest BCUT2D eigenvalue weighted by atomic mass is 10.2. The molecule has 0 unspecified atom stereocenters. The van der Waals surface area contributed by atoms with Crippen LogP contribution in [0.2, 0.25) is 0 Å². The van der Waals surface area contributed by atoms with E-state index in [0.717, 1.165) is 12.8 Å². The normalized spacial score (nSPS) is 10.4. The van der Waals surface area contributed by atoms with Crippen molar-refractivity contribution in [2.45, 2.75) is 26.4 Å². The van der Waals surface area contributed by atoms with E-state index in [1.807, 2.05) is 0 Å². The summed E-state index contributed by atoms with van der Waals surface area (Å²) in [5, 5.41) is 10.6. The monoisotopic (exact) mass is 375 g/mol. The Balaban J connectivity index is 0.00000312. The van der Waals surface area contributed by atoms with Crippen molar-refractivity contribution in [3.8, 4) is 11.4 Å². The Kier molecular flexibility index (Phi) is 8.23. The van der Waals surface area contributed by atoms with Crippen LogP contribution >= 0.6 is 12.4 Å². The smallest absolute Gasteiger partial charge is 0.387 e. The highest BCUT2D eigenvalue weighted by Gasteiger charge is 2.17. The number of nitrogens with two attached hydrogens (primary N) is 1. The molecule has 0 spiro atoms. The molecule has 0 fully saturated rings. The van der Waals surface area contributed by atoms with Gasteiger partial charge in [-0.05, 0) is 50.6 Å². The van der Waals surface area contributed by atoms with Crippen LogP contribution in [0.15, 0.2) is 24.3 Å². The Morgan fingerprint density at radius 2 is 2.00 bits per heavy atom. The van der Waals surface area contributed by atoms with Crippen LogP contribution in [-0.4, -0.2) is 40.6 Å². The summed E-state index contributed by atoms with van der Waals surface area (Å²) in [5.74, 6) is -0.266. The van der Waals surface area contributed by atoms with Gasteiger partial charge in [-0.25, -0.2) is 4.68 Å². The third-order valence-electron chi connectivity index (χ3n) is 3.33. The standard InChI is InChI=1S/C15H19F2N5O2.ClH/c1-10-13(14(23)19-9-3-2-8-18)20-21-22(10)11-4-6-12(7-5-11)24-15(16)17;/h4-7,15H,2-3,8-9,18H2,1H3,(H,19,23);1H. The fraction of sp³-hybridized carbons (Fsp3) is 0.400. The van der Waals surface area contributed by atoms with Gasteiger partial charge in [0.15, 0.2) is 5.69 Å². The topological polar surface area (TPSA) is 95.1 Å². The molecule has 1 heterocycles. The molecule has 3 N–H and O–H groups in total. The zero-order valence-electron chi connectivity index (χ0n) is 13.6. The highest BCUT2D eigenvalue weighted by Crippen LogP contribution is 2.18. The second-order valence-corrected chi connectivity index (χ2v) is 5.06. The largest absolute Gasteiger partial charge is 0.435 e. The maximum Gasteiger partial charge on any atom is 0.387 e. The van der Waals surface area contributed by atoms with E-state index in [-0.39, 0.29) is 29.8 Å². The van der Waals surface area contributed by atoms with Gasteiger partial charge in [0, 0.05) is 6.54 Å². The summed E-state index contributed by atoms with van der Waals surface area (Å²) in [6, 6.07) is 5.91. The molecule has 0 aliphatic rings. The SMILES string of the molecule is Cc1c(C(=O)NCCCCN)nnn1-c1ccc(OC(F)F)cc1.Cl. The number of nitrogens with zero attached hydrogens (tertiary/aromatic N) is 3. The Morgan fingerprint density at radius 1 is 1.32 bits per heavy atom. The number of hydrogen-bond donors (Lipinski definition) is 2. The first-order valence-electron chi connectivity index (χ1n) is 7.48. The lowest BCUT2D eigenvalue weighted by Crippen LogP contribution is -2.26. The maximum absolute atomic E-state index is 12.1. The first kappa shape index (κ1) is 20.8. The van der Waals surface area contributed by atoms with Crippen LogP contribution in [0, 0.1) is 6.92 Å². The molecule has 0 saturated heterocycles. The summed E-state index contributed by atoms with van der Waals surface area (Å²) in [5.41, 5.74) is 6.75. The predicted molar refractivity (Wildman–Crippen MR) is 90.6 cm³/mol. The van der Waals surface area contributed by atoms with Crippen molar-refractivity contribution < 1.29 is 18.3 Å². The molecule has 0 saturated carbocycles. The van der Waals surface area contributed by atoms with Crippen LogP contribution in [0.4, 0.5) is 8.78 Å². The molecule has 0 bridgehead atoms. The van der Waals surface area contributed by atoms with Gasteiger partial charge in [0.05, 0.1) is 11.4 Å². The quantitative estimate of drug-likeness (QED) is 0.689. The molecule has 138 valence electrons. The lowest BCUT2D eigenvalue weighted by molar-refractivity contribution is -0.0498. The fourth-order valence-electron chi connectivity index (χ4n) is 2.11. The summed E-state index contributed by atoms with van der Waals surface area (Å²) in [6.07, 6.45) is 1.63. The molecule has 7 nitrogen and oxygen atoms in total. The van der Waals surface area contributed by atoms with Gasteiger partial charge < -0.3 is 15.8 Å². The number of halogens is 3. The van der Waals surface area contributed by atoms with Gasteiger partial charge in [0.1, 0.15) is 5.75 Å². The van der Waals surface area contributed by atoms with Gasteiger partial charge in [-0.2, -0.15) is 8.78 Å². The molecule has 2 aromatic rings. The summed E-state index contributed by atoms with van der Waals surface area (Å²) < 4.78 is 30.0. The van der Waals surface area contributed by atoms with Gasteiger partial charge in [0.25, 0.3) is 5.91 Å². The molecule has 1 aromatic carbocycles. The molecule has 0 aliphatic heterocycles. The zero-order valence-corrected chi connectivity index (χ0v) is 14.4. The van der Waals surface area contributed by atoms with Gasteiger partial charge in [0.2, 0.25) is 0 Å².